The van der Waals surface area contributed by atoms with E-state index >= 15 is 0 Å². The third kappa shape index (κ3) is 5.49. The summed E-state index contributed by atoms with van der Waals surface area (Å²) in [5.74, 6) is 3.81. The number of nitrogens with zero attached hydrogens (tertiary/aromatic N) is 3. The highest BCUT2D eigenvalue weighted by Gasteiger charge is 2.20. The van der Waals surface area contributed by atoms with Gasteiger partial charge in [-0.3, -0.25) is 0 Å². The van der Waals surface area contributed by atoms with E-state index in [0.29, 0.717) is 18.0 Å². The van der Waals surface area contributed by atoms with Gasteiger partial charge in [-0.25, -0.2) is 4.99 Å². The summed E-state index contributed by atoms with van der Waals surface area (Å²) in [6.45, 7) is 7.00. The van der Waals surface area contributed by atoms with Crippen LogP contribution in [0.3, 0.4) is 0 Å². The number of methoxy groups -OCH3 is 4. The average Bonchev–Trinajstić information content (AvgIpc) is 2.86. The van der Waals surface area contributed by atoms with Crippen LogP contribution in [0.25, 0.3) is 0 Å². The van der Waals surface area contributed by atoms with Gasteiger partial charge in [0.25, 0.3) is 0 Å². The number of anilines is 1. The molecule has 1 saturated heterocycles. The zero-order valence-corrected chi connectivity index (χ0v) is 19.7. The van der Waals surface area contributed by atoms with E-state index in [2.05, 4.69) is 34.2 Å². The molecule has 0 amide bonds. The van der Waals surface area contributed by atoms with Crippen LogP contribution in [-0.2, 0) is 6.54 Å². The SMILES string of the molecule is CCNC(=NCc1cc(OC)c(OC)cc1OC)N1CCN(c2ccc(OC)cc2)CC1. The standard InChI is InChI=1S/C24H34N4O4/c1-6-25-24(26-17-18-15-22(31-4)23(32-5)16-21(18)30-3)28-13-11-27(12-14-28)19-7-9-20(29-2)10-8-19/h7-10,15-16H,6,11-14,17H2,1-5H3,(H,25,26). The Kier molecular flexibility index (Phi) is 8.30. The number of hydrogen-bond acceptors (Lipinski definition) is 6. The molecule has 1 aliphatic rings. The maximum absolute atomic E-state index is 5.55. The first kappa shape index (κ1) is 23.4. The van der Waals surface area contributed by atoms with Gasteiger partial charge in [0.2, 0.25) is 0 Å². The summed E-state index contributed by atoms with van der Waals surface area (Å²) in [7, 11) is 6.58. The third-order valence-electron chi connectivity index (χ3n) is 5.54. The van der Waals surface area contributed by atoms with E-state index in [0.717, 1.165) is 55.7 Å². The van der Waals surface area contributed by atoms with Crippen molar-refractivity contribution in [2.45, 2.75) is 13.5 Å². The van der Waals surface area contributed by atoms with E-state index in [1.54, 1.807) is 28.4 Å². The van der Waals surface area contributed by atoms with Crippen LogP contribution < -0.4 is 29.2 Å². The molecule has 32 heavy (non-hydrogen) atoms. The molecule has 1 N–H and O–H groups in total. The molecular weight excluding hydrogens is 408 g/mol. The molecule has 1 heterocycles. The number of piperazine rings is 1. The van der Waals surface area contributed by atoms with Crippen LogP contribution >= 0.6 is 0 Å². The molecule has 0 saturated carbocycles. The molecule has 0 atom stereocenters. The quantitative estimate of drug-likeness (QED) is 0.498. The van der Waals surface area contributed by atoms with Crippen LogP contribution in [0.1, 0.15) is 12.5 Å². The molecule has 174 valence electrons. The summed E-state index contributed by atoms with van der Waals surface area (Å²) in [4.78, 5) is 9.58. The van der Waals surface area contributed by atoms with Gasteiger partial charge in [0.1, 0.15) is 11.5 Å². The third-order valence-corrected chi connectivity index (χ3v) is 5.54. The van der Waals surface area contributed by atoms with E-state index in [4.69, 9.17) is 23.9 Å². The lowest BCUT2D eigenvalue weighted by atomic mass is 10.1. The maximum Gasteiger partial charge on any atom is 0.194 e. The molecule has 0 aromatic heterocycles. The number of guanidine groups is 1. The monoisotopic (exact) mass is 442 g/mol. The Morgan fingerprint density at radius 3 is 2.03 bits per heavy atom. The fraction of sp³-hybridized carbons (Fsp3) is 0.458. The molecule has 8 nitrogen and oxygen atoms in total. The minimum absolute atomic E-state index is 0.477. The Balaban J connectivity index is 1.70. The van der Waals surface area contributed by atoms with Crippen molar-refractivity contribution in [3.8, 4) is 23.0 Å². The van der Waals surface area contributed by atoms with Crippen LogP contribution in [0.5, 0.6) is 23.0 Å². The zero-order chi connectivity index (χ0) is 22.9. The van der Waals surface area contributed by atoms with Gasteiger partial charge < -0.3 is 34.1 Å². The summed E-state index contributed by atoms with van der Waals surface area (Å²) >= 11 is 0. The van der Waals surface area contributed by atoms with Crippen molar-refractivity contribution in [2.75, 3.05) is 66.1 Å². The number of aliphatic imine (C=N–C) groups is 1. The summed E-state index contributed by atoms with van der Waals surface area (Å²) in [6.07, 6.45) is 0. The second kappa shape index (κ2) is 11.4. The van der Waals surface area contributed by atoms with E-state index < -0.39 is 0 Å². The van der Waals surface area contributed by atoms with E-state index in [9.17, 15) is 0 Å². The number of benzene rings is 2. The van der Waals surface area contributed by atoms with Gasteiger partial charge in [0.05, 0.1) is 35.0 Å². The first-order valence-corrected chi connectivity index (χ1v) is 10.8. The summed E-state index contributed by atoms with van der Waals surface area (Å²) in [6, 6.07) is 12.0. The molecule has 8 heteroatoms. The van der Waals surface area contributed by atoms with Crippen LogP contribution in [-0.4, -0.2) is 72.0 Å². The fourth-order valence-electron chi connectivity index (χ4n) is 3.77. The Hall–Kier alpha value is -3.29. The second-order valence-corrected chi connectivity index (χ2v) is 7.36. The van der Waals surface area contributed by atoms with Crippen molar-refractivity contribution < 1.29 is 18.9 Å². The van der Waals surface area contributed by atoms with Crippen molar-refractivity contribution >= 4 is 11.6 Å². The van der Waals surface area contributed by atoms with Gasteiger partial charge in [-0.15, -0.1) is 0 Å². The van der Waals surface area contributed by atoms with Gasteiger partial charge in [-0.2, -0.15) is 0 Å². The summed E-state index contributed by atoms with van der Waals surface area (Å²) in [5.41, 5.74) is 2.15. The van der Waals surface area contributed by atoms with Crippen molar-refractivity contribution in [3.63, 3.8) is 0 Å². The minimum Gasteiger partial charge on any atom is -0.497 e. The normalized spacial score (nSPS) is 14.2. The first-order chi connectivity index (χ1) is 15.6. The molecule has 1 aliphatic heterocycles. The van der Waals surface area contributed by atoms with E-state index in [-0.39, 0.29) is 0 Å². The van der Waals surface area contributed by atoms with Crippen LogP contribution in [0.4, 0.5) is 5.69 Å². The number of rotatable bonds is 8. The Labute approximate surface area is 190 Å². The molecular formula is C24H34N4O4. The van der Waals surface area contributed by atoms with Crippen molar-refractivity contribution in [1.82, 2.24) is 10.2 Å². The molecule has 0 aliphatic carbocycles. The van der Waals surface area contributed by atoms with Crippen molar-refractivity contribution in [3.05, 3.63) is 42.0 Å². The Morgan fingerprint density at radius 2 is 1.47 bits per heavy atom. The average molecular weight is 443 g/mol. The Bertz CT molecular complexity index is 894. The molecule has 0 unspecified atom stereocenters. The molecule has 0 radical (unpaired) electrons. The van der Waals surface area contributed by atoms with Gasteiger partial charge in [-0.1, -0.05) is 0 Å². The minimum atomic E-state index is 0.477. The highest BCUT2D eigenvalue weighted by molar-refractivity contribution is 5.80. The van der Waals surface area contributed by atoms with Crippen LogP contribution in [0, 0.1) is 0 Å². The van der Waals surface area contributed by atoms with Gasteiger partial charge in [0, 0.05) is 50.0 Å². The summed E-state index contributed by atoms with van der Waals surface area (Å²) < 4.78 is 21.6. The van der Waals surface area contributed by atoms with Gasteiger partial charge in [-0.05, 0) is 37.3 Å². The maximum atomic E-state index is 5.55. The second-order valence-electron chi connectivity index (χ2n) is 7.36. The number of nitrogens with one attached hydrogen (secondary N) is 1. The fourth-order valence-corrected chi connectivity index (χ4v) is 3.77. The predicted molar refractivity (Wildman–Crippen MR) is 128 cm³/mol. The number of ether oxygens (including phenoxy) is 4. The Morgan fingerprint density at radius 1 is 0.844 bits per heavy atom. The smallest absolute Gasteiger partial charge is 0.194 e. The lowest BCUT2D eigenvalue weighted by Crippen LogP contribution is -2.52. The number of hydrogen-bond donors (Lipinski definition) is 1. The molecule has 0 spiro atoms. The highest BCUT2D eigenvalue weighted by atomic mass is 16.5. The van der Waals surface area contributed by atoms with Crippen LogP contribution in [0.15, 0.2) is 41.4 Å². The molecule has 1 fully saturated rings. The molecule has 2 aromatic carbocycles. The van der Waals surface area contributed by atoms with Crippen molar-refractivity contribution in [1.29, 1.82) is 0 Å². The molecule has 3 rings (SSSR count). The zero-order valence-electron chi connectivity index (χ0n) is 19.7. The van der Waals surface area contributed by atoms with Crippen molar-refractivity contribution in [2.24, 2.45) is 4.99 Å². The largest absolute Gasteiger partial charge is 0.497 e. The van der Waals surface area contributed by atoms with E-state index in [1.165, 1.54) is 5.69 Å². The van der Waals surface area contributed by atoms with E-state index in [1.807, 2.05) is 24.3 Å². The summed E-state index contributed by atoms with van der Waals surface area (Å²) in [5, 5.41) is 3.43. The van der Waals surface area contributed by atoms with Gasteiger partial charge >= 0.3 is 0 Å². The van der Waals surface area contributed by atoms with Crippen LogP contribution in [0.2, 0.25) is 0 Å². The highest BCUT2D eigenvalue weighted by Crippen LogP contribution is 2.35. The topological polar surface area (TPSA) is 67.8 Å². The molecule has 0 bridgehead atoms. The van der Waals surface area contributed by atoms with Gasteiger partial charge in [0.15, 0.2) is 17.5 Å². The lowest BCUT2D eigenvalue weighted by Gasteiger charge is -2.37. The predicted octanol–water partition coefficient (Wildman–Crippen LogP) is 3.01. The lowest BCUT2D eigenvalue weighted by molar-refractivity contribution is 0.347. The molecule has 2 aromatic rings. The first-order valence-electron chi connectivity index (χ1n) is 10.8.